The van der Waals surface area contributed by atoms with Crippen LogP contribution in [0.15, 0.2) is 48.5 Å². The molecule has 0 aromatic heterocycles. The van der Waals surface area contributed by atoms with Crippen molar-refractivity contribution in [2.75, 3.05) is 23.4 Å². The second-order valence-electron chi connectivity index (χ2n) is 6.40. The van der Waals surface area contributed by atoms with Crippen molar-refractivity contribution in [3.8, 4) is 11.5 Å². The van der Waals surface area contributed by atoms with Gasteiger partial charge in [0.2, 0.25) is 0 Å². The highest BCUT2D eigenvalue weighted by Crippen LogP contribution is 2.27. The molecule has 1 aliphatic heterocycles. The van der Waals surface area contributed by atoms with Crippen molar-refractivity contribution in [3.63, 3.8) is 0 Å². The predicted molar refractivity (Wildman–Crippen MR) is 97.6 cm³/mol. The Kier molecular flexibility index (Phi) is 5.09. The van der Waals surface area contributed by atoms with Crippen LogP contribution in [0.5, 0.6) is 11.5 Å². The molecule has 1 atom stereocenters. The number of hydrogen-bond acceptors (Lipinski definition) is 4. The van der Waals surface area contributed by atoms with Crippen LogP contribution in [-0.2, 0) is 9.84 Å². The van der Waals surface area contributed by atoms with Crippen LogP contribution in [0.2, 0.25) is 0 Å². The van der Waals surface area contributed by atoms with Crippen molar-refractivity contribution in [1.82, 2.24) is 0 Å². The third-order valence-corrected chi connectivity index (χ3v) is 6.20. The molecule has 5 heteroatoms. The molecule has 4 nitrogen and oxygen atoms in total. The van der Waals surface area contributed by atoms with Gasteiger partial charge in [-0.2, -0.15) is 0 Å². The summed E-state index contributed by atoms with van der Waals surface area (Å²) in [6, 6.07) is 15.7. The summed E-state index contributed by atoms with van der Waals surface area (Å²) in [7, 11) is -2.85. The van der Waals surface area contributed by atoms with Crippen LogP contribution in [0.4, 0.5) is 5.69 Å². The number of anilines is 1. The van der Waals surface area contributed by atoms with Gasteiger partial charge in [-0.15, -0.1) is 0 Å². The molecule has 0 amide bonds. The molecule has 128 valence electrons. The standard InChI is InChI=1S/C19H23NO3S/c1-15-6-2-3-10-19(15)23-18-9-4-8-17(12-18)20-13-16-7-5-11-24(21,22)14-16/h2-4,6,8-10,12,16,20H,5,7,11,13-14H2,1H3. The monoisotopic (exact) mass is 345 g/mol. The average molecular weight is 345 g/mol. The second kappa shape index (κ2) is 7.26. The Bertz CT molecular complexity index is 802. The van der Waals surface area contributed by atoms with E-state index in [1.165, 1.54) is 0 Å². The van der Waals surface area contributed by atoms with Crippen molar-refractivity contribution < 1.29 is 13.2 Å². The fraction of sp³-hybridized carbons (Fsp3) is 0.368. The number of para-hydroxylation sites is 1. The second-order valence-corrected chi connectivity index (χ2v) is 8.63. The molecule has 1 heterocycles. The number of rotatable bonds is 5. The molecule has 0 bridgehead atoms. The summed E-state index contributed by atoms with van der Waals surface area (Å²) in [5.74, 6) is 2.42. The molecule has 2 aromatic carbocycles. The van der Waals surface area contributed by atoms with E-state index in [0.29, 0.717) is 18.1 Å². The normalized spacial score (nSPS) is 19.6. The summed E-state index contributed by atoms with van der Waals surface area (Å²) >= 11 is 0. The van der Waals surface area contributed by atoms with E-state index in [4.69, 9.17) is 4.74 Å². The number of aryl methyl sites for hydroxylation is 1. The Morgan fingerprint density at radius 3 is 2.79 bits per heavy atom. The van der Waals surface area contributed by atoms with E-state index in [9.17, 15) is 8.42 Å². The lowest BCUT2D eigenvalue weighted by Gasteiger charge is -2.22. The highest BCUT2D eigenvalue weighted by atomic mass is 32.2. The Balaban J connectivity index is 1.62. The molecule has 3 rings (SSSR count). The zero-order valence-electron chi connectivity index (χ0n) is 13.9. The van der Waals surface area contributed by atoms with E-state index in [-0.39, 0.29) is 5.92 Å². The third-order valence-electron chi connectivity index (χ3n) is 4.31. The first kappa shape index (κ1) is 16.8. The number of benzene rings is 2. The van der Waals surface area contributed by atoms with Gasteiger partial charge in [-0.05, 0) is 49.4 Å². The minimum atomic E-state index is -2.85. The molecular weight excluding hydrogens is 322 g/mol. The molecule has 1 unspecified atom stereocenters. The van der Waals surface area contributed by atoms with Gasteiger partial charge in [-0.1, -0.05) is 24.3 Å². The first-order valence-corrected chi connectivity index (χ1v) is 10.1. The van der Waals surface area contributed by atoms with Crippen molar-refractivity contribution >= 4 is 15.5 Å². The fourth-order valence-electron chi connectivity index (χ4n) is 3.01. The van der Waals surface area contributed by atoms with E-state index in [2.05, 4.69) is 5.32 Å². The van der Waals surface area contributed by atoms with Crippen LogP contribution in [0.3, 0.4) is 0 Å². The lowest BCUT2D eigenvalue weighted by atomic mass is 10.1. The molecular formula is C19H23NO3S. The van der Waals surface area contributed by atoms with Gasteiger partial charge in [0, 0.05) is 18.3 Å². The maximum atomic E-state index is 11.7. The van der Waals surface area contributed by atoms with Crippen LogP contribution in [-0.4, -0.2) is 26.5 Å². The predicted octanol–water partition coefficient (Wildman–Crippen LogP) is 4.02. The quantitative estimate of drug-likeness (QED) is 0.889. The van der Waals surface area contributed by atoms with E-state index in [0.717, 1.165) is 35.6 Å². The molecule has 2 aromatic rings. The van der Waals surface area contributed by atoms with Gasteiger partial charge >= 0.3 is 0 Å². The summed E-state index contributed by atoms with van der Waals surface area (Å²) in [5.41, 5.74) is 2.03. The minimum absolute atomic E-state index is 0.185. The van der Waals surface area contributed by atoms with Crippen LogP contribution in [0.25, 0.3) is 0 Å². The van der Waals surface area contributed by atoms with Crippen molar-refractivity contribution in [1.29, 1.82) is 0 Å². The Hall–Kier alpha value is -2.01. The van der Waals surface area contributed by atoms with E-state index >= 15 is 0 Å². The summed E-state index contributed by atoms with van der Waals surface area (Å²) in [5, 5.41) is 3.35. The van der Waals surface area contributed by atoms with Crippen molar-refractivity contribution in [2.45, 2.75) is 19.8 Å². The first-order valence-electron chi connectivity index (χ1n) is 8.30. The van der Waals surface area contributed by atoms with E-state index in [1.807, 2.05) is 55.5 Å². The molecule has 0 aliphatic carbocycles. The zero-order chi connectivity index (χ0) is 17.0. The zero-order valence-corrected chi connectivity index (χ0v) is 14.7. The fourth-order valence-corrected chi connectivity index (χ4v) is 4.78. The average Bonchev–Trinajstić information content (AvgIpc) is 2.55. The summed E-state index contributed by atoms with van der Waals surface area (Å²) in [6.07, 6.45) is 1.73. The van der Waals surface area contributed by atoms with Crippen LogP contribution >= 0.6 is 0 Å². The molecule has 1 N–H and O–H groups in total. The number of ether oxygens (including phenoxy) is 1. The molecule has 1 aliphatic rings. The topological polar surface area (TPSA) is 55.4 Å². The maximum Gasteiger partial charge on any atom is 0.150 e. The van der Waals surface area contributed by atoms with Gasteiger partial charge in [-0.3, -0.25) is 0 Å². The highest BCUT2D eigenvalue weighted by Gasteiger charge is 2.24. The Morgan fingerprint density at radius 1 is 1.17 bits per heavy atom. The van der Waals surface area contributed by atoms with Gasteiger partial charge in [0.05, 0.1) is 11.5 Å². The molecule has 1 saturated heterocycles. The smallest absolute Gasteiger partial charge is 0.150 e. The van der Waals surface area contributed by atoms with Crippen LogP contribution in [0, 0.1) is 12.8 Å². The van der Waals surface area contributed by atoms with Gasteiger partial charge in [-0.25, -0.2) is 8.42 Å². The van der Waals surface area contributed by atoms with Crippen molar-refractivity contribution in [2.24, 2.45) is 5.92 Å². The van der Waals surface area contributed by atoms with E-state index in [1.54, 1.807) is 0 Å². The molecule has 24 heavy (non-hydrogen) atoms. The minimum Gasteiger partial charge on any atom is -0.457 e. The lowest BCUT2D eigenvalue weighted by molar-refractivity contribution is 0.478. The largest absolute Gasteiger partial charge is 0.457 e. The SMILES string of the molecule is Cc1ccccc1Oc1cccc(NCC2CCCS(=O)(=O)C2)c1. The molecule has 1 fully saturated rings. The van der Waals surface area contributed by atoms with Crippen LogP contribution in [0.1, 0.15) is 18.4 Å². The Labute approximate surface area is 143 Å². The Morgan fingerprint density at radius 2 is 2.00 bits per heavy atom. The van der Waals surface area contributed by atoms with Gasteiger partial charge < -0.3 is 10.1 Å². The number of hydrogen-bond donors (Lipinski definition) is 1. The van der Waals surface area contributed by atoms with Gasteiger partial charge in [0.25, 0.3) is 0 Å². The third kappa shape index (κ3) is 4.51. The summed E-state index contributed by atoms with van der Waals surface area (Å²) in [4.78, 5) is 0. The van der Waals surface area contributed by atoms with E-state index < -0.39 is 9.84 Å². The summed E-state index contributed by atoms with van der Waals surface area (Å²) in [6.45, 7) is 2.69. The highest BCUT2D eigenvalue weighted by molar-refractivity contribution is 7.91. The molecule has 0 saturated carbocycles. The first-order chi connectivity index (χ1) is 11.5. The molecule has 0 radical (unpaired) electrons. The number of nitrogens with one attached hydrogen (secondary N) is 1. The molecule has 0 spiro atoms. The van der Waals surface area contributed by atoms with Crippen LogP contribution < -0.4 is 10.1 Å². The lowest BCUT2D eigenvalue weighted by Crippen LogP contribution is -2.29. The maximum absolute atomic E-state index is 11.7. The summed E-state index contributed by atoms with van der Waals surface area (Å²) < 4.78 is 29.4. The number of sulfone groups is 1. The van der Waals surface area contributed by atoms with Crippen molar-refractivity contribution in [3.05, 3.63) is 54.1 Å². The van der Waals surface area contributed by atoms with Gasteiger partial charge in [0.1, 0.15) is 11.5 Å². The van der Waals surface area contributed by atoms with Gasteiger partial charge in [0.15, 0.2) is 9.84 Å².